The molecule has 0 amide bonds. The number of aromatic hydroxyl groups is 1. The molecule has 0 saturated heterocycles. The number of benzene rings is 2. The zero-order valence-electron chi connectivity index (χ0n) is 16.2. The molecule has 2 N–H and O–H groups in total. The standard InChI is InChI=1S/C24H23N3O2/c1-2-16-29-19-11-8-18(9-12-19)22(27-21-7-3-4-14-25-21)20-13-10-17-6-5-15-26-23(17)24(20)28/h3-15,22,28H,2,16H2,1H3,(H,25,27)/t22-/m1/s1. The van der Waals surface area contributed by atoms with Gasteiger partial charge in [-0.3, -0.25) is 4.98 Å². The van der Waals surface area contributed by atoms with E-state index in [-0.39, 0.29) is 11.8 Å². The number of fused-ring (bicyclic) bond motifs is 1. The maximum atomic E-state index is 11.0. The maximum absolute atomic E-state index is 11.0. The van der Waals surface area contributed by atoms with Crippen LogP contribution in [0.15, 0.2) is 79.1 Å². The Hall–Kier alpha value is -3.60. The zero-order valence-corrected chi connectivity index (χ0v) is 16.2. The molecule has 29 heavy (non-hydrogen) atoms. The van der Waals surface area contributed by atoms with Gasteiger partial charge in [0.15, 0.2) is 0 Å². The summed E-state index contributed by atoms with van der Waals surface area (Å²) < 4.78 is 5.70. The Morgan fingerprint density at radius 2 is 1.76 bits per heavy atom. The molecule has 0 fully saturated rings. The molecule has 1 atom stereocenters. The van der Waals surface area contributed by atoms with Gasteiger partial charge in [-0.25, -0.2) is 4.98 Å². The summed E-state index contributed by atoms with van der Waals surface area (Å²) in [6, 6.07) is 21.0. The number of pyridine rings is 2. The molecule has 5 nitrogen and oxygen atoms in total. The van der Waals surface area contributed by atoms with Gasteiger partial charge in [-0.05, 0) is 42.3 Å². The van der Waals surface area contributed by atoms with Crippen LogP contribution >= 0.6 is 0 Å². The van der Waals surface area contributed by atoms with Crippen molar-refractivity contribution in [3.63, 3.8) is 0 Å². The Kier molecular flexibility index (Phi) is 5.56. The van der Waals surface area contributed by atoms with E-state index in [2.05, 4.69) is 22.2 Å². The average molecular weight is 385 g/mol. The Morgan fingerprint density at radius 1 is 0.931 bits per heavy atom. The summed E-state index contributed by atoms with van der Waals surface area (Å²) in [4.78, 5) is 8.75. The maximum Gasteiger partial charge on any atom is 0.147 e. The third kappa shape index (κ3) is 4.14. The minimum Gasteiger partial charge on any atom is -0.505 e. The topological polar surface area (TPSA) is 67.3 Å². The van der Waals surface area contributed by atoms with Crippen molar-refractivity contribution < 1.29 is 9.84 Å². The molecule has 0 bridgehead atoms. The molecule has 0 radical (unpaired) electrons. The van der Waals surface area contributed by atoms with Crippen LogP contribution in [0.5, 0.6) is 11.5 Å². The number of ether oxygens (including phenoxy) is 1. The van der Waals surface area contributed by atoms with E-state index in [0.29, 0.717) is 12.1 Å². The van der Waals surface area contributed by atoms with E-state index in [1.165, 1.54) is 0 Å². The van der Waals surface area contributed by atoms with Crippen LogP contribution < -0.4 is 10.1 Å². The molecule has 0 saturated carbocycles. The van der Waals surface area contributed by atoms with Crippen molar-refractivity contribution in [3.05, 3.63) is 90.3 Å². The lowest BCUT2D eigenvalue weighted by Gasteiger charge is -2.22. The highest BCUT2D eigenvalue weighted by molar-refractivity contribution is 5.86. The monoisotopic (exact) mass is 385 g/mol. The van der Waals surface area contributed by atoms with Crippen LogP contribution in [0.1, 0.15) is 30.5 Å². The summed E-state index contributed by atoms with van der Waals surface area (Å²) in [5.41, 5.74) is 2.31. The van der Waals surface area contributed by atoms with Crippen LogP contribution in [0.4, 0.5) is 5.82 Å². The highest BCUT2D eigenvalue weighted by Crippen LogP contribution is 2.36. The molecular weight excluding hydrogens is 362 g/mol. The summed E-state index contributed by atoms with van der Waals surface area (Å²) in [6.45, 7) is 2.77. The molecule has 0 aliphatic carbocycles. The number of hydrogen-bond donors (Lipinski definition) is 2. The second-order valence-electron chi connectivity index (χ2n) is 6.79. The fraction of sp³-hybridized carbons (Fsp3) is 0.167. The molecule has 0 aliphatic heterocycles. The van der Waals surface area contributed by atoms with Crippen molar-refractivity contribution in [2.75, 3.05) is 11.9 Å². The lowest BCUT2D eigenvalue weighted by Crippen LogP contribution is -2.13. The third-order valence-corrected chi connectivity index (χ3v) is 4.73. The van der Waals surface area contributed by atoms with Gasteiger partial charge in [-0.2, -0.15) is 0 Å². The number of phenols is 1. The molecule has 2 aromatic heterocycles. The summed E-state index contributed by atoms with van der Waals surface area (Å²) in [5.74, 6) is 1.73. The van der Waals surface area contributed by atoms with Crippen molar-refractivity contribution >= 4 is 16.7 Å². The fourth-order valence-electron chi connectivity index (χ4n) is 3.29. The highest BCUT2D eigenvalue weighted by Gasteiger charge is 2.20. The number of phenolic OH excluding ortho intramolecular Hbond substituents is 1. The molecule has 0 unspecified atom stereocenters. The van der Waals surface area contributed by atoms with Crippen LogP contribution in [0.2, 0.25) is 0 Å². The molecule has 2 aromatic carbocycles. The number of aromatic nitrogens is 2. The van der Waals surface area contributed by atoms with E-state index in [1.807, 2.05) is 66.7 Å². The Morgan fingerprint density at radius 3 is 2.52 bits per heavy atom. The van der Waals surface area contributed by atoms with E-state index in [1.54, 1.807) is 12.4 Å². The minimum atomic E-state index is -0.295. The first-order valence-corrected chi connectivity index (χ1v) is 9.73. The molecule has 0 aliphatic rings. The van der Waals surface area contributed by atoms with Crippen LogP contribution in [0.25, 0.3) is 10.9 Å². The molecule has 4 rings (SSSR count). The van der Waals surface area contributed by atoms with Gasteiger partial charge in [0, 0.05) is 23.3 Å². The minimum absolute atomic E-state index is 0.169. The number of hydrogen-bond acceptors (Lipinski definition) is 5. The second kappa shape index (κ2) is 8.61. The van der Waals surface area contributed by atoms with Crippen molar-refractivity contribution in [1.82, 2.24) is 9.97 Å². The number of nitrogens with zero attached hydrogens (tertiary/aromatic N) is 2. The van der Waals surface area contributed by atoms with Gasteiger partial charge in [0.1, 0.15) is 22.8 Å². The Labute approximate surface area is 170 Å². The van der Waals surface area contributed by atoms with Gasteiger partial charge in [0.05, 0.1) is 12.6 Å². The van der Waals surface area contributed by atoms with Crippen molar-refractivity contribution in [1.29, 1.82) is 0 Å². The van der Waals surface area contributed by atoms with Crippen LogP contribution in [-0.4, -0.2) is 21.7 Å². The highest BCUT2D eigenvalue weighted by atomic mass is 16.5. The Balaban J connectivity index is 1.75. The van der Waals surface area contributed by atoms with Crippen LogP contribution in [-0.2, 0) is 0 Å². The SMILES string of the molecule is CCCOc1ccc([C@@H](Nc2ccccn2)c2ccc3cccnc3c2O)cc1. The zero-order chi connectivity index (χ0) is 20.1. The molecular formula is C24H23N3O2. The third-order valence-electron chi connectivity index (χ3n) is 4.73. The van der Waals surface area contributed by atoms with Gasteiger partial charge < -0.3 is 15.2 Å². The van der Waals surface area contributed by atoms with Crippen LogP contribution in [0, 0.1) is 0 Å². The second-order valence-corrected chi connectivity index (χ2v) is 6.79. The van der Waals surface area contributed by atoms with E-state index >= 15 is 0 Å². The summed E-state index contributed by atoms with van der Waals surface area (Å²) >= 11 is 0. The first-order chi connectivity index (χ1) is 14.3. The average Bonchev–Trinajstić information content (AvgIpc) is 2.78. The number of nitrogens with one attached hydrogen (secondary N) is 1. The molecule has 5 heteroatoms. The summed E-state index contributed by atoms with van der Waals surface area (Å²) in [7, 11) is 0. The molecule has 4 aromatic rings. The van der Waals surface area contributed by atoms with E-state index in [0.717, 1.165) is 34.5 Å². The van der Waals surface area contributed by atoms with Gasteiger partial charge >= 0.3 is 0 Å². The summed E-state index contributed by atoms with van der Waals surface area (Å²) in [6.07, 6.45) is 4.39. The van der Waals surface area contributed by atoms with Crippen molar-refractivity contribution in [2.24, 2.45) is 0 Å². The predicted molar refractivity (Wildman–Crippen MR) is 115 cm³/mol. The first-order valence-electron chi connectivity index (χ1n) is 9.73. The lowest BCUT2D eigenvalue weighted by atomic mass is 9.96. The summed E-state index contributed by atoms with van der Waals surface area (Å²) in [5, 5.41) is 15.3. The molecule has 2 heterocycles. The van der Waals surface area contributed by atoms with Gasteiger partial charge in [-0.1, -0.05) is 43.3 Å². The predicted octanol–water partition coefficient (Wildman–Crippen LogP) is 5.33. The van der Waals surface area contributed by atoms with Crippen LogP contribution in [0.3, 0.4) is 0 Å². The van der Waals surface area contributed by atoms with Gasteiger partial charge in [-0.15, -0.1) is 0 Å². The first kappa shape index (κ1) is 18.7. The smallest absolute Gasteiger partial charge is 0.147 e. The largest absolute Gasteiger partial charge is 0.505 e. The fourth-order valence-corrected chi connectivity index (χ4v) is 3.29. The van der Waals surface area contributed by atoms with Gasteiger partial charge in [0.25, 0.3) is 0 Å². The van der Waals surface area contributed by atoms with E-state index in [9.17, 15) is 5.11 Å². The van der Waals surface area contributed by atoms with Crippen molar-refractivity contribution in [3.8, 4) is 11.5 Å². The van der Waals surface area contributed by atoms with Crippen molar-refractivity contribution in [2.45, 2.75) is 19.4 Å². The lowest BCUT2D eigenvalue weighted by molar-refractivity contribution is 0.317. The number of rotatable bonds is 7. The Bertz CT molecular complexity index is 1080. The van der Waals surface area contributed by atoms with Gasteiger partial charge in [0.2, 0.25) is 0 Å². The quantitative estimate of drug-likeness (QED) is 0.450. The van der Waals surface area contributed by atoms with E-state index in [4.69, 9.17) is 4.74 Å². The normalized spacial score (nSPS) is 11.9. The number of anilines is 1. The van der Waals surface area contributed by atoms with E-state index < -0.39 is 0 Å². The molecule has 0 spiro atoms. The molecule has 146 valence electrons.